The number of esters is 1. The van der Waals surface area contributed by atoms with Crippen molar-refractivity contribution in [2.75, 3.05) is 7.11 Å². The summed E-state index contributed by atoms with van der Waals surface area (Å²) in [4.78, 5) is 24.3. The molecular weight excluding hydrogens is 254 g/mol. The Kier molecular flexibility index (Phi) is 3.09. The highest BCUT2D eigenvalue weighted by molar-refractivity contribution is 5.96. The average Bonchev–Trinajstić information content (AvgIpc) is 2.53. The second-order valence-corrected chi connectivity index (χ2v) is 4.13. The zero-order valence-corrected chi connectivity index (χ0v) is 10.8. The van der Waals surface area contributed by atoms with Crippen molar-refractivity contribution in [3.05, 3.63) is 54.5 Å². The first-order chi connectivity index (χ1) is 9.79. The van der Waals surface area contributed by atoms with Crippen molar-refractivity contribution in [2.45, 2.75) is 0 Å². The highest BCUT2D eigenvalue weighted by Gasteiger charge is 2.11. The first-order valence-corrected chi connectivity index (χ1v) is 6.05. The fourth-order valence-electron chi connectivity index (χ4n) is 2.01. The summed E-state index contributed by atoms with van der Waals surface area (Å²) in [5, 5.41) is 0.895. The van der Waals surface area contributed by atoms with E-state index in [-0.39, 0.29) is 5.69 Å². The molecule has 0 fully saturated rings. The Hall–Kier alpha value is -2.82. The second-order valence-electron chi connectivity index (χ2n) is 4.13. The predicted molar refractivity (Wildman–Crippen MR) is 74.1 cm³/mol. The molecule has 0 N–H and O–H groups in total. The lowest BCUT2D eigenvalue weighted by Crippen LogP contribution is -2.04. The van der Waals surface area contributed by atoms with Crippen LogP contribution in [0, 0.1) is 0 Å². The van der Waals surface area contributed by atoms with Gasteiger partial charge in [0.1, 0.15) is 5.69 Å². The number of fused-ring (bicyclic) bond motifs is 1. The summed E-state index contributed by atoms with van der Waals surface area (Å²) >= 11 is 0. The molecule has 5 nitrogen and oxygen atoms in total. The number of benzene rings is 1. The van der Waals surface area contributed by atoms with Crippen LogP contribution in [0.3, 0.4) is 0 Å². The molecule has 2 aromatic heterocycles. The second kappa shape index (κ2) is 5.05. The summed E-state index contributed by atoms with van der Waals surface area (Å²) in [5.74, 6) is 0.180. The Morgan fingerprint density at radius 2 is 1.85 bits per heavy atom. The highest BCUT2D eigenvalue weighted by atomic mass is 16.5. The molecule has 0 amide bonds. The van der Waals surface area contributed by atoms with E-state index in [1.54, 1.807) is 24.5 Å². The van der Waals surface area contributed by atoms with Gasteiger partial charge >= 0.3 is 5.97 Å². The zero-order chi connectivity index (χ0) is 13.9. The van der Waals surface area contributed by atoms with E-state index in [4.69, 9.17) is 0 Å². The predicted octanol–water partition coefficient (Wildman–Crippen LogP) is 2.48. The van der Waals surface area contributed by atoms with Gasteiger partial charge in [-0.25, -0.2) is 19.7 Å². The SMILES string of the molecule is COC(=O)c1ccc2c(-c3ncccn3)cccc2n1. The van der Waals surface area contributed by atoms with E-state index < -0.39 is 5.97 Å². The number of methoxy groups -OCH3 is 1. The zero-order valence-electron chi connectivity index (χ0n) is 10.8. The molecule has 2 heterocycles. The molecule has 0 spiro atoms. The molecule has 20 heavy (non-hydrogen) atoms. The fraction of sp³-hybridized carbons (Fsp3) is 0.0667. The van der Waals surface area contributed by atoms with Crippen LogP contribution in [0.2, 0.25) is 0 Å². The van der Waals surface area contributed by atoms with E-state index in [0.29, 0.717) is 11.3 Å². The lowest BCUT2D eigenvalue weighted by molar-refractivity contribution is 0.0594. The van der Waals surface area contributed by atoms with Gasteiger partial charge in [0, 0.05) is 23.3 Å². The molecule has 0 bridgehead atoms. The molecule has 0 aliphatic rings. The molecule has 0 atom stereocenters. The van der Waals surface area contributed by atoms with Crippen LogP contribution >= 0.6 is 0 Å². The fourth-order valence-corrected chi connectivity index (χ4v) is 2.01. The number of hydrogen-bond donors (Lipinski definition) is 0. The van der Waals surface area contributed by atoms with E-state index in [9.17, 15) is 4.79 Å². The maximum atomic E-state index is 11.5. The summed E-state index contributed by atoms with van der Waals surface area (Å²) in [6, 6.07) is 10.9. The van der Waals surface area contributed by atoms with Crippen molar-refractivity contribution in [3.8, 4) is 11.4 Å². The van der Waals surface area contributed by atoms with Crippen molar-refractivity contribution >= 4 is 16.9 Å². The minimum absolute atomic E-state index is 0.283. The number of ether oxygens (including phenoxy) is 1. The van der Waals surface area contributed by atoms with E-state index in [1.165, 1.54) is 7.11 Å². The summed E-state index contributed by atoms with van der Waals surface area (Å²) in [6.45, 7) is 0. The monoisotopic (exact) mass is 265 g/mol. The number of carbonyl (C=O) groups excluding carboxylic acids is 1. The third-order valence-electron chi connectivity index (χ3n) is 2.93. The number of pyridine rings is 1. The van der Waals surface area contributed by atoms with Crippen molar-refractivity contribution < 1.29 is 9.53 Å². The van der Waals surface area contributed by atoms with Crippen LogP contribution in [0.1, 0.15) is 10.5 Å². The lowest BCUT2D eigenvalue weighted by Gasteiger charge is -2.06. The normalized spacial score (nSPS) is 10.4. The lowest BCUT2D eigenvalue weighted by atomic mass is 10.1. The largest absolute Gasteiger partial charge is 0.464 e. The summed E-state index contributed by atoms with van der Waals surface area (Å²) < 4.78 is 4.67. The summed E-state index contributed by atoms with van der Waals surface area (Å²) in [5.41, 5.74) is 1.87. The molecule has 0 aliphatic heterocycles. The number of rotatable bonds is 2. The smallest absolute Gasteiger partial charge is 0.356 e. The Balaban J connectivity index is 2.19. The van der Waals surface area contributed by atoms with Gasteiger partial charge in [0.25, 0.3) is 0 Å². The molecule has 0 saturated heterocycles. The van der Waals surface area contributed by atoms with Gasteiger partial charge in [-0.2, -0.15) is 0 Å². The third-order valence-corrected chi connectivity index (χ3v) is 2.93. The Bertz CT molecular complexity index is 772. The minimum Gasteiger partial charge on any atom is -0.464 e. The molecule has 5 heteroatoms. The molecule has 0 aliphatic carbocycles. The van der Waals surface area contributed by atoms with Gasteiger partial charge in [-0.05, 0) is 24.3 Å². The number of hydrogen-bond acceptors (Lipinski definition) is 5. The number of nitrogens with zero attached hydrogens (tertiary/aromatic N) is 3. The highest BCUT2D eigenvalue weighted by Crippen LogP contribution is 2.25. The third kappa shape index (κ3) is 2.09. The minimum atomic E-state index is -0.451. The van der Waals surface area contributed by atoms with Crippen LogP contribution in [-0.4, -0.2) is 28.0 Å². The van der Waals surface area contributed by atoms with Gasteiger partial charge in [0.15, 0.2) is 5.82 Å². The van der Waals surface area contributed by atoms with Gasteiger partial charge in [0.05, 0.1) is 12.6 Å². The van der Waals surface area contributed by atoms with Crippen molar-refractivity contribution in [3.63, 3.8) is 0 Å². The van der Waals surface area contributed by atoms with Crippen molar-refractivity contribution in [1.29, 1.82) is 0 Å². The molecule has 0 radical (unpaired) electrons. The van der Waals surface area contributed by atoms with Crippen LogP contribution in [0.4, 0.5) is 0 Å². The molecule has 3 rings (SSSR count). The molecule has 1 aromatic carbocycles. The standard InChI is InChI=1S/C15H11N3O2/c1-20-15(19)13-7-6-10-11(4-2-5-12(10)18-13)14-16-8-3-9-17-14/h2-9H,1H3. The van der Waals surface area contributed by atoms with Gasteiger partial charge in [-0.1, -0.05) is 12.1 Å². The molecule has 0 saturated carbocycles. The van der Waals surface area contributed by atoms with Crippen LogP contribution < -0.4 is 0 Å². The molecular formula is C15H11N3O2. The van der Waals surface area contributed by atoms with E-state index in [0.717, 1.165) is 10.9 Å². The maximum absolute atomic E-state index is 11.5. The van der Waals surface area contributed by atoms with E-state index in [2.05, 4.69) is 19.7 Å². The Labute approximate surface area is 115 Å². The number of carbonyl (C=O) groups is 1. The van der Waals surface area contributed by atoms with Gasteiger partial charge < -0.3 is 4.74 Å². The van der Waals surface area contributed by atoms with E-state index >= 15 is 0 Å². The van der Waals surface area contributed by atoms with Crippen molar-refractivity contribution in [2.24, 2.45) is 0 Å². The first-order valence-electron chi connectivity index (χ1n) is 6.05. The Morgan fingerprint density at radius 1 is 1.05 bits per heavy atom. The molecule has 3 aromatic rings. The topological polar surface area (TPSA) is 65.0 Å². The van der Waals surface area contributed by atoms with Crippen molar-refractivity contribution in [1.82, 2.24) is 15.0 Å². The summed E-state index contributed by atoms with van der Waals surface area (Å²) in [7, 11) is 1.34. The van der Waals surface area contributed by atoms with Gasteiger partial charge in [-0.3, -0.25) is 0 Å². The average molecular weight is 265 g/mol. The van der Waals surface area contributed by atoms with Crippen LogP contribution in [0.5, 0.6) is 0 Å². The van der Waals surface area contributed by atoms with Crippen LogP contribution in [0.25, 0.3) is 22.3 Å². The van der Waals surface area contributed by atoms with E-state index in [1.807, 2.05) is 24.3 Å². The van der Waals surface area contributed by atoms with Crippen LogP contribution in [0.15, 0.2) is 48.8 Å². The quantitative estimate of drug-likeness (QED) is 0.666. The first kappa shape index (κ1) is 12.2. The molecule has 0 unspecified atom stereocenters. The van der Waals surface area contributed by atoms with Gasteiger partial charge in [0.2, 0.25) is 0 Å². The number of aromatic nitrogens is 3. The molecule has 98 valence electrons. The van der Waals surface area contributed by atoms with Crippen LogP contribution in [-0.2, 0) is 4.74 Å². The van der Waals surface area contributed by atoms with Gasteiger partial charge in [-0.15, -0.1) is 0 Å². The summed E-state index contributed by atoms with van der Waals surface area (Å²) in [6.07, 6.45) is 3.38. The maximum Gasteiger partial charge on any atom is 0.356 e. The Morgan fingerprint density at radius 3 is 2.60 bits per heavy atom.